The van der Waals surface area contributed by atoms with Gasteiger partial charge < -0.3 is 13.8 Å². The fraction of sp³-hybridized carbons (Fsp3) is 0.200. The second-order valence-electron chi connectivity index (χ2n) is 21.5. The Labute approximate surface area is 384 Å². The summed E-state index contributed by atoms with van der Waals surface area (Å²) in [6, 6.07) is 55.5. The molecule has 1 aliphatic carbocycles. The van der Waals surface area contributed by atoms with Gasteiger partial charge in [-0.05, 0) is 128 Å². The molecule has 0 amide bonds. The van der Waals surface area contributed by atoms with Gasteiger partial charge in [-0.3, -0.25) is 0 Å². The first-order chi connectivity index (χ1) is 31.4. The topological polar surface area (TPSA) is 21.3 Å². The van der Waals surface area contributed by atoms with Crippen LogP contribution in [0.25, 0.3) is 91.9 Å². The summed E-state index contributed by atoms with van der Waals surface area (Å²) < 4.78 is 12.7. The maximum atomic E-state index is 7.36. The first-order valence-corrected chi connectivity index (χ1v) is 24.2. The third-order valence-electron chi connectivity index (χ3n) is 15.8. The van der Waals surface area contributed by atoms with Gasteiger partial charge in [0, 0.05) is 69.9 Å². The molecule has 2 aliphatic heterocycles. The van der Waals surface area contributed by atoms with E-state index in [1.54, 1.807) is 0 Å². The Morgan fingerprint density at radius 1 is 0.600 bits per heavy atom. The molecule has 3 aliphatic rings. The molecular formula is C60H49BN2OS. The lowest BCUT2D eigenvalue weighted by atomic mass is 9.43. The molecule has 14 rings (SSSR count). The predicted molar refractivity (Wildman–Crippen MR) is 279 cm³/mol. The number of hydrogen-bond acceptors (Lipinski definition) is 3. The first kappa shape index (κ1) is 37.8. The van der Waals surface area contributed by atoms with Gasteiger partial charge in [0.25, 0.3) is 0 Å². The number of benzene rings is 8. The highest BCUT2D eigenvalue weighted by Gasteiger charge is 2.48. The minimum Gasteiger partial charge on any atom is -0.455 e. The van der Waals surface area contributed by atoms with Crippen LogP contribution in [0.15, 0.2) is 150 Å². The maximum absolute atomic E-state index is 7.36. The Balaban J connectivity index is 1.21. The summed E-state index contributed by atoms with van der Waals surface area (Å²) in [7, 11) is 0. The zero-order valence-corrected chi connectivity index (χ0v) is 38.9. The fourth-order valence-corrected chi connectivity index (χ4v) is 13.4. The number of thiophene rings is 1. The standard InChI is InChI=1S/C60H49BN2OS/c1-58(2,3)36-23-26-46-41(29-36)52-53-39-18-11-13-19-49(39)64-57(53)54-42-30-43-44(60(6,7)28-27-59(43,4)5)32-47(42)63(37-24-21-35(22-25-37)34-15-9-8-10-16-34)61-45-33-51-40(38-17-12-14-20-50(38)65-51)31-48(45)62(46)56(52)55(54)61/h8-26,29-33H,27-28H2,1-7H3. The van der Waals surface area contributed by atoms with Crippen molar-refractivity contribution in [2.75, 3.05) is 4.81 Å². The van der Waals surface area contributed by atoms with Crippen molar-refractivity contribution in [3.05, 3.63) is 162 Å². The summed E-state index contributed by atoms with van der Waals surface area (Å²) in [5.41, 5.74) is 20.0. The Kier molecular flexibility index (Phi) is 7.33. The summed E-state index contributed by atoms with van der Waals surface area (Å²) in [5.74, 6) is 0. The molecule has 65 heavy (non-hydrogen) atoms. The van der Waals surface area contributed by atoms with Gasteiger partial charge in [-0.1, -0.05) is 133 Å². The first-order valence-electron chi connectivity index (χ1n) is 23.4. The Morgan fingerprint density at radius 2 is 1.29 bits per heavy atom. The maximum Gasteiger partial charge on any atom is 0.333 e. The third-order valence-corrected chi connectivity index (χ3v) is 16.9. The molecule has 3 nitrogen and oxygen atoms in total. The molecule has 0 unspecified atom stereocenters. The molecule has 0 radical (unpaired) electrons. The van der Waals surface area contributed by atoms with E-state index in [2.05, 4.69) is 203 Å². The van der Waals surface area contributed by atoms with E-state index >= 15 is 0 Å². The minimum atomic E-state index is -0.138. The third kappa shape index (κ3) is 5.03. The van der Waals surface area contributed by atoms with Crippen LogP contribution < -0.4 is 15.7 Å². The molecule has 0 spiro atoms. The van der Waals surface area contributed by atoms with Crippen LogP contribution in [-0.4, -0.2) is 11.4 Å². The van der Waals surface area contributed by atoms with Gasteiger partial charge >= 0.3 is 6.85 Å². The zero-order valence-electron chi connectivity index (χ0n) is 38.1. The van der Waals surface area contributed by atoms with Gasteiger partial charge in [-0.25, -0.2) is 0 Å². The van der Waals surface area contributed by atoms with E-state index in [0.717, 1.165) is 24.0 Å². The average molecular weight is 857 g/mol. The van der Waals surface area contributed by atoms with Gasteiger partial charge in [-0.15, -0.1) is 11.3 Å². The number of anilines is 2. The number of fused-ring (bicyclic) bond motifs is 17. The molecule has 0 saturated heterocycles. The normalized spacial score (nSPS) is 16.0. The highest BCUT2D eigenvalue weighted by Crippen LogP contribution is 2.55. The lowest BCUT2D eigenvalue weighted by Crippen LogP contribution is -2.60. The van der Waals surface area contributed by atoms with Crippen molar-refractivity contribution in [2.24, 2.45) is 0 Å². The van der Waals surface area contributed by atoms with E-state index < -0.39 is 0 Å². The Bertz CT molecular complexity index is 3880. The fourth-order valence-electron chi connectivity index (χ4n) is 12.2. The lowest BCUT2D eigenvalue weighted by molar-refractivity contribution is 0.332. The van der Waals surface area contributed by atoms with Crippen LogP contribution in [0.4, 0.5) is 11.4 Å². The molecule has 5 heteroatoms. The molecule has 5 heterocycles. The summed E-state index contributed by atoms with van der Waals surface area (Å²) in [4.78, 5) is 2.72. The van der Waals surface area contributed by atoms with Crippen LogP contribution in [0.1, 0.15) is 78.0 Å². The molecule has 0 N–H and O–H groups in total. The highest BCUT2D eigenvalue weighted by atomic mass is 32.1. The summed E-state index contributed by atoms with van der Waals surface area (Å²) in [6.07, 6.45) is 2.29. The van der Waals surface area contributed by atoms with Crippen LogP contribution >= 0.6 is 11.3 Å². The highest BCUT2D eigenvalue weighted by molar-refractivity contribution is 7.26. The monoisotopic (exact) mass is 856 g/mol. The van der Waals surface area contributed by atoms with Gasteiger partial charge in [-0.2, -0.15) is 0 Å². The van der Waals surface area contributed by atoms with Crippen molar-refractivity contribution in [3.63, 3.8) is 0 Å². The van der Waals surface area contributed by atoms with Crippen LogP contribution in [0.2, 0.25) is 0 Å². The molecule has 0 saturated carbocycles. The molecule has 11 aromatic rings. The predicted octanol–water partition coefficient (Wildman–Crippen LogP) is 15.6. The molecule has 0 fully saturated rings. The molecule has 0 bridgehead atoms. The Morgan fingerprint density at radius 3 is 2.06 bits per heavy atom. The van der Waals surface area contributed by atoms with Crippen LogP contribution in [0, 0.1) is 0 Å². The lowest BCUT2D eigenvalue weighted by Gasteiger charge is -2.46. The van der Waals surface area contributed by atoms with Crippen molar-refractivity contribution in [3.8, 4) is 27.9 Å². The van der Waals surface area contributed by atoms with Gasteiger partial charge in [0.05, 0.1) is 11.0 Å². The van der Waals surface area contributed by atoms with E-state index in [0.29, 0.717) is 0 Å². The number of hydrogen-bond donors (Lipinski definition) is 0. The van der Waals surface area contributed by atoms with Gasteiger partial charge in [0.2, 0.25) is 0 Å². The molecular weight excluding hydrogens is 808 g/mol. The summed E-state index contributed by atoms with van der Waals surface area (Å²) in [6.45, 7) is 16.7. The zero-order chi connectivity index (χ0) is 43.9. The van der Waals surface area contributed by atoms with E-state index in [1.165, 1.54) is 120 Å². The van der Waals surface area contributed by atoms with Crippen LogP contribution in [0.3, 0.4) is 0 Å². The molecule has 3 aromatic heterocycles. The number of rotatable bonds is 2. The van der Waals surface area contributed by atoms with E-state index in [-0.39, 0.29) is 23.1 Å². The van der Waals surface area contributed by atoms with Crippen LogP contribution in [-0.2, 0) is 16.2 Å². The minimum absolute atomic E-state index is 0.0187. The van der Waals surface area contributed by atoms with Crippen molar-refractivity contribution >= 4 is 104 Å². The van der Waals surface area contributed by atoms with Crippen molar-refractivity contribution in [2.45, 2.75) is 77.6 Å². The largest absolute Gasteiger partial charge is 0.455 e. The molecule has 0 atom stereocenters. The van der Waals surface area contributed by atoms with Gasteiger partial charge in [0.15, 0.2) is 0 Å². The number of furan rings is 1. The second-order valence-corrected chi connectivity index (χ2v) is 22.6. The Hall–Kier alpha value is -6.56. The second kappa shape index (κ2) is 12.6. The van der Waals surface area contributed by atoms with Gasteiger partial charge in [0.1, 0.15) is 11.2 Å². The van der Waals surface area contributed by atoms with E-state index in [9.17, 15) is 0 Å². The van der Waals surface area contributed by atoms with Crippen molar-refractivity contribution in [1.29, 1.82) is 0 Å². The van der Waals surface area contributed by atoms with E-state index in [1.807, 2.05) is 11.3 Å². The van der Waals surface area contributed by atoms with E-state index in [4.69, 9.17) is 4.42 Å². The number of aromatic nitrogens is 1. The van der Waals surface area contributed by atoms with Crippen molar-refractivity contribution in [1.82, 2.24) is 4.57 Å². The average Bonchev–Trinajstić information content (AvgIpc) is 3.98. The summed E-state index contributed by atoms with van der Waals surface area (Å²) >= 11 is 1.91. The van der Waals surface area contributed by atoms with Crippen molar-refractivity contribution < 1.29 is 4.42 Å². The number of para-hydroxylation sites is 1. The quantitative estimate of drug-likeness (QED) is 0.162. The molecule has 8 aromatic carbocycles. The summed E-state index contributed by atoms with van der Waals surface area (Å²) in [5, 5.41) is 7.60. The number of nitrogens with zero attached hydrogens (tertiary/aromatic N) is 2. The molecule has 314 valence electrons. The van der Waals surface area contributed by atoms with Crippen LogP contribution in [0.5, 0.6) is 0 Å². The smallest absolute Gasteiger partial charge is 0.333 e. The SMILES string of the molecule is CC(C)(C)c1ccc2c(c1)c1c3c(oc4ccccc43)c3c4c1n2-c1cc2c(cc1B4N(c1ccc(-c4ccccc4)cc1)c1cc4c(cc1-3)C(C)(C)CCC4(C)C)sc1ccccc12.